The van der Waals surface area contributed by atoms with E-state index in [1.54, 1.807) is 6.92 Å². The lowest BCUT2D eigenvalue weighted by atomic mass is 10.0. The van der Waals surface area contributed by atoms with Gasteiger partial charge in [0.15, 0.2) is 5.17 Å². The van der Waals surface area contributed by atoms with E-state index in [0.717, 1.165) is 0 Å². The van der Waals surface area contributed by atoms with Crippen LogP contribution in [0.3, 0.4) is 0 Å². The minimum Gasteiger partial charge on any atom is -0.481 e. The Balaban J connectivity index is 2.96. The van der Waals surface area contributed by atoms with E-state index in [1.165, 1.54) is 5.41 Å². The molecule has 0 saturated carbocycles. The first-order valence-corrected chi connectivity index (χ1v) is 5.21. The van der Waals surface area contributed by atoms with Gasteiger partial charge in [0.25, 0.3) is 0 Å². The third-order valence-electron chi connectivity index (χ3n) is 1.84. The van der Waals surface area contributed by atoms with Crippen molar-refractivity contribution in [3.63, 3.8) is 0 Å². The van der Waals surface area contributed by atoms with Crippen LogP contribution in [0.5, 0.6) is 0 Å². The Bertz CT molecular complexity index is 348. The molecule has 0 saturated heterocycles. The van der Waals surface area contributed by atoms with Crippen LogP contribution in [0.15, 0.2) is 20.6 Å². The molecule has 0 fully saturated rings. The lowest BCUT2D eigenvalue weighted by Gasteiger charge is -2.06. The molecule has 0 bridgehead atoms. The Labute approximate surface area is 83.2 Å². The molecule has 78 valence electrons. The number of carboxylic acid groups (broad SMARTS) is 1. The predicted molar refractivity (Wildman–Crippen MR) is 52.7 cm³/mol. The summed E-state index contributed by atoms with van der Waals surface area (Å²) in [5.74, 6) is -1.62. The summed E-state index contributed by atoms with van der Waals surface area (Å²) in [6, 6.07) is 0. The summed E-state index contributed by atoms with van der Waals surface area (Å²) in [6.45, 7) is 1.75. The zero-order chi connectivity index (χ0) is 10.7. The van der Waals surface area contributed by atoms with Crippen molar-refractivity contribution in [2.45, 2.75) is 13.3 Å². The molecule has 1 heterocycles. The average molecular weight is 217 g/mol. The first-order valence-electron chi connectivity index (χ1n) is 3.97. The van der Waals surface area contributed by atoms with Gasteiger partial charge in [0.1, 0.15) is 0 Å². The summed E-state index contributed by atoms with van der Waals surface area (Å²) < 4.78 is 3.00. The quantitative estimate of drug-likeness (QED) is 0.596. The second-order valence-electron chi connectivity index (χ2n) is 2.69. The van der Waals surface area contributed by atoms with Gasteiger partial charge < -0.3 is 10.8 Å². The van der Waals surface area contributed by atoms with Crippen LogP contribution in [0.4, 0.5) is 0 Å². The topological polar surface area (TPSA) is 108 Å². The fourth-order valence-corrected chi connectivity index (χ4v) is 2.01. The first kappa shape index (κ1) is 10.9. The molecule has 7 heteroatoms. The fourth-order valence-electron chi connectivity index (χ4n) is 1.11. The summed E-state index contributed by atoms with van der Waals surface area (Å²) in [7, 11) is -0.965. The van der Waals surface area contributed by atoms with Crippen LogP contribution >= 0.6 is 0 Å². The number of aliphatic imine (C=N–C) groups is 1. The van der Waals surface area contributed by atoms with Gasteiger partial charge in [-0.05, 0) is 6.42 Å². The molecule has 6 nitrogen and oxygen atoms in total. The summed E-state index contributed by atoms with van der Waals surface area (Å²) in [6.07, 6.45) is 0.431. The van der Waals surface area contributed by atoms with Crippen LogP contribution in [0.2, 0.25) is 0 Å². The van der Waals surface area contributed by atoms with Crippen LogP contribution in [0, 0.1) is 5.92 Å². The standard InChI is InChI=1S/C7H11N3O3S/c1-2-4(6(11)12)5-3-14(10-13)7(8)9-5/h3-4,13H,2H2,1H3,(H2,8,9)(H,11,12). The number of nitrogens with two attached hydrogens (primary N) is 1. The van der Waals surface area contributed by atoms with E-state index >= 15 is 0 Å². The lowest BCUT2D eigenvalue weighted by molar-refractivity contribution is -0.140. The van der Waals surface area contributed by atoms with Gasteiger partial charge in [0.05, 0.1) is 11.6 Å². The number of amidine groups is 1. The summed E-state index contributed by atoms with van der Waals surface area (Å²) in [5, 5.41) is 19.0. The van der Waals surface area contributed by atoms with E-state index in [-0.39, 0.29) is 5.17 Å². The van der Waals surface area contributed by atoms with Crippen LogP contribution in [-0.2, 0) is 15.5 Å². The minimum atomic E-state index is -0.965. The Kier molecular flexibility index (Phi) is 3.37. The Morgan fingerprint density at radius 3 is 2.86 bits per heavy atom. The lowest BCUT2D eigenvalue weighted by Crippen LogP contribution is -2.15. The largest absolute Gasteiger partial charge is 0.481 e. The molecule has 14 heavy (non-hydrogen) atoms. The molecule has 0 spiro atoms. The molecular weight excluding hydrogens is 206 g/mol. The van der Waals surface area contributed by atoms with E-state index in [0.29, 0.717) is 12.1 Å². The number of rotatable bonds is 3. The third kappa shape index (κ3) is 1.99. The number of aliphatic carboxylic acids is 1. The smallest absolute Gasteiger partial charge is 0.312 e. The van der Waals surface area contributed by atoms with Gasteiger partial charge in [-0.15, -0.1) is 4.53 Å². The van der Waals surface area contributed by atoms with Crippen LogP contribution in [0.1, 0.15) is 13.3 Å². The maximum absolute atomic E-state index is 10.8. The highest BCUT2D eigenvalue weighted by molar-refractivity contribution is 8.05. The molecule has 2 unspecified atom stereocenters. The number of carbonyl (C=O) groups is 1. The van der Waals surface area contributed by atoms with Gasteiger partial charge in [0.2, 0.25) is 0 Å². The second kappa shape index (κ2) is 4.34. The fraction of sp³-hybridized carbons (Fsp3) is 0.429. The van der Waals surface area contributed by atoms with Gasteiger partial charge in [-0.1, -0.05) is 6.92 Å². The zero-order valence-electron chi connectivity index (χ0n) is 7.54. The number of nitrogens with zero attached hydrogens (tertiary/aromatic N) is 2. The van der Waals surface area contributed by atoms with E-state index in [2.05, 4.69) is 9.52 Å². The van der Waals surface area contributed by atoms with Crippen molar-refractivity contribution >= 4 is 21.8 Å². The molecule has 2 atom stereocenters. The van der Waals surface area contributed by atoms with Crippen molar-refractivity contribution in [3.8, 4) is 0 Å². The number of carboxylic acids is 1. The van der Waals surface area contributed by atoms with Crippen LogP contribution in [-0.4, -0.2) is 21.5 Å². The Morgan fingerprint density at radius 1 is 1.86 bits per heavy atom. The monoisotopic (exact) mass is 217 g/mol. The van der Waals surface area contributed by atoms with E-state index in [1.807, 2.05) is 0 Å². The maximum atomic E-state index is 10.8. The molecule has 1 rings (SSSR count). The van der Waals surface area contributed by atoms with Gasteiger partial charge in [-0.25, -0.2) is 4.99 Å². The molecule has 1 aliphatic rings. The Morgan fingerprint density at radius 2 is 2.50 bits per heavy atom. The highest BCUT2D eigenvalue weighted by Crippen LogP contribution is 2.22. The summed E-state index contributed by atoms with van der Waals surface area (Å²) in [4.78, 5) is 14.6. The molecule has 0 radical (unpaired) electrons. The van der Waals surface area contributed by atoms with Crippen molar-refractivity contribution in [3.05, 3.63) is 11.1 Å². The van der Waals surface area contributed by atoms with Crippen LogP contribution in [0.25, 0.3) is 0 Å². The second-order valence-corrected chi connectivity index (χ2v) is 4.13. The summed E-state index contributed by atoms with van der Waals surface area (Å²) >= 11 is 0. The molecule has 4 N–H and O–H groups in total. The van der Waals surface area contributed by atoms with Crippen molar-refractivity contribution in [1.82, 2.24) is 0 Å². The van der Waals surface area contributed by atoms with Gasteiger partial charge in [-0.2, -0.15) is 0 Å². The molecular formula is C7H11N3O3S. The van der Waals surface area contributed by atoms with Crippen molar-refractivity contribution in [2.24, 2.45) is 21.2 Å². The third-order valence-corrected chi connectivity index (χ3v) is 3.00. The first-order chi connectivity index (χ1) is 6.60. The Hall–Kier alpha value is -1.21. The normalized spacial score (nSPS) is 23.1. The SMILES string of the molecule is CCC(C(=O)O)C1=CS(=NO)C(N)=N1. The molecule has 0 aromatic rings. The van der Waals surface area contributed by atoms with E-state index in [9.17, 15) is 4.79 Å². The van der Waals surface area contributed by atoms with Crippen molar-refractivity contribution in [1.29, 1.82) is 0 Å². The van der Waals surface area contributed by atoms with E-state index in [4.69, 9.17) is 16.0 Å². The van der Waals surface area contributed by atoms with E-state index < -0.39 is 22.6 Å². The zero-order valence-corrected chi connectivity index (χ0v) is 8.36. The molecule has 0 amide bonds. The van der Waals surface area contributed by atoms with Crippen molar-refractivity contribution in [2.75, 3.05) is 0 Å². The van der Waals surface area contributed by atoms with Gasteiger partial charge in [0, 0.05) is 16.1 Å². The highest BCUT2D eigenvalue weighted by Gasteiger charge is 2.24. The van der Waals surface area contributed by atoms with Crippen molar-refractivity contribution < 1.29 is 15.1 Å². The highest BCUT2D eigenvalue weighted by atomic mass is 32.2. The average Bonchev–Trinajstić information content (AvgIpc) is 2.47. The minimum absolute atomic E-state index is 0.155. The predicted octanol–water partition coefficient (Wildman–Crippen LogP) is 0.458. The van der Waals surface area contributed by atoms with Gasteiger partial charge >= 0.3 is 5.97 Å². The number of hydrogen-bond donors (Lipinski definition) is 3. The maximum Gasteiger partial charge on any atom is 0.312 e. The molecule has 0 aromatic carbocycles. The molecule has 0 aromatic heterocycles. The van der Waals surface area contributed by atoms with Crippen LogP contribution < -0.4 is 5.73 Å². The molecule has 0 aliphatic carbocycles. The van der Waals surface area contributed by atoms with Gasteiger partial charge in [-0.3, -0.25) is 10.0 Å². The number of hydrogen-bond acceptors (Lipinski definition) is 4. The summed E-state index contributed by atoms with van der Waals surface area (Å²) in [5.41, 5.74) is 5.81. The molecule has 1 aliphatic heterocycles.